The monoisotopic (exact) mass is 325 g/mol. The van der Waals surface area contributed by atoms with E-state index < -0.39 is 11.6 Å². The van der Waals surface area contributed by atoms with Gasteiger partial charge in [-0.05, 0) is 28.1 Å². The van der Waals surface area contributed by atoms with E-state index in [0.29, 0.717) is 10.1 Å². The molecule has 0 aliphatic heterocycles. The quantitative estimate of drug-likeness (QED) is 0.746. The lowest BCUT2D eigenvalue weighted by molar-refractivity contribution is 0.585. The second-order valence-corrected chi connectivity index (χ2v) is 4.57. The van der Waals surface area contributed by atoms with Gasteiger partial charge in [-0.3, -0.25) is 4.40 Å². The second kappa shape index (κ2) is 4.23. The van der Waals surface area contributed by atoms with Gasteiger partial charge in [-0.15, -0.1) is 10.2 Å². The van der Waals surface area contributed by atoms with Crippen molar-refractivity contribution in [2.75, 3.05) is 5.73 Å². The predicted molar refractivity (Wildman–Crippen MR) is 68.2 cm³/mol. The topological polar surface area (TPSA) is 69.1 Å². The largest absolute Gasteiger partial charge is 0.369 e. The molecule has 19 heavy (non-hydrogen) atoms. The van der Waals surface area contributed by atoms with Crippen LogP contribution in [-0.2, 0) is 0 Å². The molecule has 0 radical (unpaired) electrons. The van der Waals surface area contributed by atoms with Gasteiger partial charge in [0, 0.05) is 11.6 Å². The van der Waals surface area contributed by atoms with Crippen LogP contribution in [0.5, 0.6) is 0 Å². The first-order valence-corrected chi connectivity index (χ1v) is 5.97. The van der Waals surface area contributed by atoms with Gasteiger partial charge in [-0.25, -0.2) is 13.8 Å². The zero-order valence-corrected chi connectivity index (χ0v) is 10.9. The van der Waals surface area contributed by atoms with Gasteiger partial charge >= 0.3 is 0 Å². The number of halogens is 3. The van der Waals surface area contributed by atoms with Crippen molar-refractivity contribution < 1.29 is 8.78 Å². The summed E-state index contributed by atoms with van der Waals surface area (Å²) in [6, 6.07) is 3.23. The molecule has 8 heteroatoms. The van der Waals surface area contributed by atoms with Gasteiger partial charge in [0.25, 0.3) is 0 Å². The third kappa shape index (κ3) is 1.84. The first-order valence-electron chi connectivity index (χ1n) is 5.18. The minimum absolute atomic E-state index is 0.113. The number of hydrogen-bond acceptors (Lipinski definition) is 4. The van der Waals surface area contributed by atoms with Gasteiger partial charge in [0.05, 0.1) is 10.2 Å². The average molecular weight is 326 g/mol. The number of nitrogens with two attached hydrogens (primary N) is 1. The van der Waals surface area contributed by atoms with Crippen molar-refractivity contribution in [3.8, 4) is 11.3 Å². The van der Waals surface area contributed by atoms with E-state index in [4.69, 9.17) is 5.73 Å². The fraction of sp³-hybridized carbons (Fsp3) is 0. The van der Waals surface area contributed by atoms with Crippen LogP contribution in [0.3, 0.4) is 0 Å². The van der Waals surface area contributed by atoms with Crippen LogP contribution in [0.15, 0.2) is 29.0 Å². The molecule has 1 aromatic carbocycles. The maximum absolute atomic E-state index is 13.8. The Morgan fingerprint density at radius 2 is 2.05 bits per heavy atom. The van der Waals surface area contributed by atoms with E-state index in [9.17, 15) is 8.78 Å². The Kier molecular flexibility index (Phi) is 2.67. The second-order valence-electron chi connectivity index (χ2n) is 3.78. The predicted octanol–water partition coefficient (Wildman–Crippen LogP) is 2.41. The molecular formula is C11H6BrF2N5. The minimum Gasteiger partial charge on any atom is -0.369 e. The Balaban J connectivity index is 2.33. The summed E-state index contributed by atoms with van der Waals surface area (Å²) in [6.07, 6.45) is 1.40. The molecule has 0 aliphatic rings. The summed E-state index contributed by atoms with van der Waals surface area (Å²) in [5.41, 5.74) is 6.53. The number of nitrogens with zero attached hydrogens (tertiary/aromatic N) is 4. The summed E-state index contributed by atoms with van der Waals surface area (Å²) >= 11 is 3.28. The van der Waals surface area contributed by atoms with Crippen LogP contribution in [0.4, 0.5) is 14.7 Å². The Morgan fingerprint density at radius 1 is 1.26 bits per heavy atom. The molecule has 0 bridgehead atoms. The summed E-state index contributed by atoms with van der Waals surface area (Å²) in [6.45, 7) is 0. The Morgan fingerprint density at radius 3 is 2.79 bits per heavy atom. The fourth-order valence-corrected chi connectivity index (χ4v) is 2.31. The minimum atomic E-state index is -0.725. The number of hydrogen-bond donors (Lipinski definition) is 1. The molecule has 5 nitrogen and oxygen atoms in total. The van der Waals surface area contributed by atoms with Crippen molar-refractivity contribution in [3.05, 3.63) is 40.6 Å². The molecule has 0 fully saturated rings. The van der Waals surface area contributed by atoms with E-state index in [0.717, 1.165) is 12.1 Å². The number of benzene rings is 1. The molecule has 0 unspecified atom stereocenters. The zero-order valence-electron chi connectivity index (χ0n) is 9.31. The standard InChI is InChI=1S/C11H6BrF2N5/c12-8-9(6-2-1-5(13)3-7(6)14)17-11(15)19-4-16-18-10(8)19/h1-4H,(H2,15,17). The molecule has 96 valence electrons. The van der Waals surface area contributed by atoms with Crippen LogP contribution in [0.2, 0.25) is 0 Å². The van der Waals surface area contributed by atoms with Crippen LogP contribution in [0.1, 0.15) is 0 Å². The van der Waals surface area contributed by atoms with Gasteiger partial charge in [-0.2, -0.15) is 0 Å². The normalized spacial score (nSPS) is 11.1. The highest BCUT2D eigenvalue weighted by molar-refractivity contribution is 9.10. The van der Waals surface area contributed by atoms with Crippen molar-refractivity contribution in [2.45, 2.75) is 0 Å². The summed E-state index contributed by atoms with van der Waals surface area (Å²) in [4.78, 5) is 4.09. The molecule has 0 spiro atoms. The average Bonchev–Trinajstić information content (AvgIpc) is 2.84. The Labute approximate surface area is 114 Å². The van der Waals surface area contributed by atoms with Crippen LogP contribution >= 0.6 is 15.9 Å². The van der Waals surface area contributed by atoms with E-state index in [1.54, 1.807) is 0 Å². The van der Waals surface area contributed by atoms with Crippen molar-refractivity contribution in [1.82, 2.24) is 19.6 Å². The van der Waals surface area contributed by atoms with Crippen LogP contribution in [-0.4, -0.2) is 19.6 Å². The molecule has 3 rings (SSSR count). The van der Waals surface area contributed by atoms with Gasteiger partial charge in [0.1, 0.15) is 18.0 Å². The van der Waals surface area contributed by atoms with Crippen molar-refractivity contribution >= 4 is 27.5 Å². The zero-order chi connectivity index (χ0) is 13.6. The van der Waals surface area contributed by atoms with Gasteiger partial charge < -0.3 is 5.73 Å². The summed E-state index contributed by atoms with van der Waals surface area (Å²) in [7, 11) is 0. The third-order valence-corrected chi connectivity index (χ3v) is 3.34. The maximum atomic E-state index is 13.8. The molecule has 2 heterocycles. The molecule has 2 N–H and O–H groups in total. The first-order chi connectivity index (χ1) is 9.08. The van der Waals surface area contributed by atoms with Gasteiger partial charge in [-0.1, -0.05) is 0 Å². The smallest absolute Gasteiger partial charge is 0.207 e. The summed E-state index contributed by atoms with van der Waals surface area (Å²) in [5.74, 6) is -1.27. The first kappa shape index (κ1) is 12.0. The highest BCUT2D eigenvalue weighted by Gasteiger charge is 2.17. The molecular weight excluding hydrogens is 320 g/mol. The number of fused-ring (bicyclic) bond motifs is 1. The summed E-state index contributed by atoms with van der Waals surface area (Å²) in [5, 5.41) is 7.57. The number of aromatic nitrogens is 4. The number of rotatable bonds is 1. The summed E-state index contributed by atoms with van der Waals surface area (Å²) < 4.78 is 28.6. The third-order valence-electron chi connectivity index (χ3n) is 2.61. The molecule has 2 aromatic heterocycles. The Hall–Kier alpha value is -2.09. The van der Waals surface area contributed by atoms with Crippen LogP contribution < -0.4 is 5.73 Å². The fourth-order valence-electron chi connectivity index (χ4n) is 1.74. The van der Waals surface area contributed by atoms with Crippen molar-refractivity contribution in [3.63, 3.8) is 0 Å². The van der Waals surface area contributed by atoms with Gasteiger partial charge in [0.2, 0.25) is 5.95 Å². The lowest BCUT2D eigenvalue weighted by Crippen LogP contribution is -2.03. The lowest BCUT2D eigenvalue weighted by atomic mass is 10.1. The maximum Gasteiger partial charge on any atom is 0.207 e. The van der Waals surface area contributed by atoms with Crippen molar-refractivity contribution in [2.24, 2.45) is 0 Å². The van der Waals surface area contributed by atoms with E-state index in [1.807, 2.05) is 0 Å². The van der Waals surface area contributed by atoms with Crippen LogP contribution in [0, 0.1) is 11.6 Å². The Bertz CT molecular complexity index is 786. The highest BCUT2D eigenvalue weighted by atomic mass is 79.9. The molecule has 0 amide bonds. The molecule has 0 aliphatic carbocycles. The molecule has 3 aromatic rings. The van der Waals surface area contributed by atoms with E-state index >= 15 is 0 Å². The van der Waals surface area contributed by atoms with Crippen molar-refractivity contribution in [1.29, 1.82) is 0 Å². The number of nitrogen functional groups attached to an aromatic ring is 1. The lowest BCUT2D eigenvalue weighted by Gasteiger charge is -2.08. The SMILES string of the molecule is Nc1nc(-c2ccc(F)cc2F)c(Br)c2nncn12. The van der Waals surface area contributed by atoms with E-state index in [2.05, 4.69) is 31.1 Å². The van der Waals surface area contributed by atoms with E-state index in [1.165, 1.54) is 16.8 Å². The van der Waals surface area contributed by atoms with E-state index in [-0.39, 0.29) is 17.2 Å². The highest BCUT2D eigenvalue weighted by Crippen LogP contribution is 2.32. The number of anilines is 1. The molecule has 0 saturated carbocycles. The van der Waals surface area contributed by atoms with Crippen LogP contribution in [0.25, 0.3) is 16.9 Å². The molecule has 0 saturated heterocycles. The molecule has 0 atom stereocenters. The van der Waals surface area contributed by atoms with Gasteiger partial charge in [0.15, 0.2) is 5.65 Å².